The Morgan fingerprint density at radius 2 is 2.40 bits per heavy atom. The van der Waals surface area contributed by atoms with Gasteiger partial charge in [-0.1, -0.05) is 11.3 Å². The molecule has 0 bridgehead atoms. The molecule has 0 spiro atoms. The van der Waals surface area contributed by atoms with Crippen LogP contribution in [0.2, 0.25) is 0 Å². The van der Waals surface area contributed by atoms with Crippen molar-refractivity contribution in [3.05, 3.63) is 5.01 Å². The first kappa shape index (κ1) is 7.75. The number of alkyl halides is 1. The van der Waals surface area contributed by atoms with Gasteiger partial charge in [-0.3, -0.25) is 0 Å². The summed E-state index contributed by atoms with van der Waals surface area (Å²) in [6.07, 6.45) is 0. The van der Waals surface area contributed by atoms with Crippen molar-refractivity contribution in [3.8, 4) is 0 Å². The van der Waals surface area contributed by atoms with Gasteiger partial charge in [-0.05, 0) is 6.92 Å². The minimum absolute atomic E-state index is 0.596. The molecule has 0 aliphatic carbocycles. The highest BCUT2D eigenvalue weighted by Crippen LogP contribution is 2.12. The van der Waals surface area contributed by atoms with Crippen molar-refractivity contribution >= 4 is 28.1 Å². The Hall–Kier alpha value is -0.350. The first-order chi connectivity index (χ1) is 4.83. The lowest BCUT2D eigenvalue weighted by molar-refractivity contribution is 1.04. The van der Waals surface area contributed by atoms with Gasteiger partial charge in [0.05, 0.1) is 0 Å². The molecule has 0 aliphatic rings. The highest BCUT2D eigenvalue weighted by atomic mass is 35.5. The summed E-state index contributed by atoms with van der Waals surface area (Å²) < 4.78 is 0. The fourth-order valence-corrected chi connectivity index (χ4v) is 1.23. The van der Waals surface area contributed by atoms with Crippen LogP contribution in [-0.2, 0) is 0 Å². The van der Waals surface area contributed by atoms with E-state index < -0.39 is 0 Å². The molecule has 10 heavy (non-hydrogen) atoms. The third kappa shape index (κ3) is 2.11. The molecule has 0 saturated heterocycles. The summed E-state index contributed by atoms with van der Waals surface area (Å²) in [7, 11) is 0. The smallest absolute Gasteiger partial charge is 0.205 e. The van der Waals surface area contributed by atoms with E-state index in [1.54, 1.807) is 0 Å². The van der Waals surface area contributed by atoms with Gasteiger partial charge in [-0.15, -0.1) is 21.8 Å². The Labute approximate surface area is 68.4 Å². The van der Waals surface area contributed by atoms with Crippen molar-refractivity contribution in [3.63, 3.8) is 0 Å². The zero-order chi connectivity index (χ0) is 7.40. The van der Waals surface area contributed by atoms with Crippen LogP contribution in [0.1, 0.15) is 5.01 Å². The maximum Gasteiger partial charge on any atom is 0.205 e. The molecule has 56 valence electrons. The monoisotopic (exact) mass is 177 g/mol. The lowest BCUT2D eigenvalue weighted by atomic mass is 10.8. The molecule has 0 aromatic carbocycles. The predicted molar refractivity (Wildman–Crippen MR) is 43.9 cm³/mol. The SMILES string of the molecule is Cc1nnc(NCCCl)s1. The number of aromatic nitrogens is 2. The lowest BCUT2D eigenvalue weighted by Crippen LogP contribution is -2.01. The van der Waals surface area contributed by atoms with Crippen molar-refractivity contribution in [2.45, 2.75) is 6.92 Å². The first-order valence-corrected chi connectivity index (χ1v) is 4.28. The molecule has 3 nitrogen and oxygen atoms in total. The summed E-state index contributed by atoms with van der Waals surface area (Å²) >= 11 is 6.99. The van der Waals surface area contributed by atoms with Crippen LogP contribution in [0, 0.1) is 6.92 Å². The largest absolute Gasteiger partial charge is 0.359 e. The van der Waals surface area contributed by atoms with Crippen molar-refractivity contribution in [2.24, 2.45) is 0 Å². The second-order valence-corrected chi connectivity index (χ2v) is 3.30. The van der Waals surface area contributed by atoms with Crippen LogP contribution in [-0.4, -0.2) is 22.6 Å². The minimum atomic E-state index is 0.596. The normalized spacial score (nSPS) is 9.80. The Kier molecular flexibility index (Phi) is 2.89. The van der Waals surface area contributed by atoms with Gasteiger partial charge < -0.3 is 5.32 Å². The molecule has 0 atom stereocenters. The Morgan fingerprint density at radius 1 is 1.60 bits per heavy atom. The van der Waals surface area contributed by atoms with Crippen molar-refractivity contribution in [1.82, 2.24) is 10.2 Å². The molecule has 1 N–H and O–H groups in total. The summed E-state index contributed by atoms with van der Waals surface area (Å²) in [5.41, 5.74) is 0. The molecule has 1 aromatic rings. The number of hydrogen-bond acceptors (Lipinski definition) is 4. The Bertz CT molecular complexity index is 201. The highest BCUT2D eigenvalue weighted by molar-refractivity contribution is 7.15. The van der Waals surface area contributed by atoms with E-state index >= 15 is 0 Å². The average molecular weight is 178 g/mol. The van der Waals surface area contributed by atoms with Gasteiger partial charge in [-0.2, -0.15) is 0 Å². The van der Waals surface area contributed by atoms with E-state index in [0.717, 1.165) is 16.7 Å². The molecule has 0 aliphatic heterocycles. The molecule has 1 aromatic heterocycles. The fraction of sp³-hybridized carbons (Fsp3) is 0.600. The maximum atomic E-state index is 5.45. The van der Waals surface area contributed by atoms with Crippen molar-refractivity contribution in [2.75, 3.05) is 17.7 Å². The molecule has 1 heterocycles. The number of hydrogen-bond donors (Lipinski definition) is 1. The van der Waals surface area contributed by atoms with Gasteiger partial charge >= 0.3 is 0 Å². The van der Waals surface area contributed by atoms with E-state index in [1.807, 2.05) is 6.92 Å². The van der Waals surface area contributed by atoms with Crippen molar-refractivity contribution < 1.29 is 0 Å². The molecule has 1 rings (SSSR count). The minimum Gasteiger partial charge on any atom is -0.359 e. The van der Waals surface area contributed by atoms with Gasteiger partial charge in [0.1, 0.15) is 5.01 Å². The number of rotatable bonds is 3. The Morgan fingerprint density at radius 3 is 2.90 bits per heavy atom. The summed E-state index contributed by atoms with van der Waals surface area (Å²) in [5.74, 6) is 0.596. The molecule has 5 heteroatoms. The van der Waals surface area contributed by atoms with E-state index in [9.17, 15) is 0 Å². The summed E-state index contributed by atoms with van der Waals surface area (Å²) in [4.78, 5) is 0. The van der Waals surface area contributed by atoms with Crippen LogP contribution in [0.25, 0.3) is 0 Å². The van der Waals surface area contributed by atoms with E-state index in [-0.39, 0.29) is 0 Å². The topological polar surface area (TPSA) is 37.8 Å². The zero-order valence-corrected chi connectivity index (χ0v) is 7.17. The second-order valence-electron chi connectivity index (χ2n) is 1.74. The predicted octanol–water partition coefficient (Wildman–Crippen LogP) is 1.50. The quantitative estimate of drug-likeness (QED) is 0.712. The van der Waals surface area contributed by atoms with E-state index in [0.29, 0.717) is 5.88 Å². The van der Waals surface area contributed by atoms with Gasteiger partial charge in [0.15, 0.2) is 0 Å². The van der Waals surface area contributed by atoms with Crippen LogP contribution < -0.4 is 5.32 Å². The molecular formula is C5H8ClN3S. The number of aryl methyl sites for hydroxylation is 1. The fourth-order valence-electron chi connectivity index (χ4n) is 0.522. The summed E-state index contributed by atoms with van der Waals surface area (Å²) in [6.45, 7) is 2.67. The van der Waals surface area contributed by atoms with Crippen LogP contribution >= 0.6 is 22.9 Å². The Balaban J connectivity index is 2.42. The van der Waals surface area contributed by atoms with Gasteiger partial charge in [-0.25, -0.2) is 0 Å². The number of nitrogens with zero attached hydrogens (tertiary/aromatic N) is 2. The van der Waals surface area contributed by atoms with Gasteiger partial charge in [0.2, 0.25) is 5.13 Å². The third-order valence-corrected chi connectivity index (χ3v) is 1.88. The maximum absolute atomic E-state index is 5.45. The molecule has 0 fully saturated rings. The molecular weight excluding hydrogens is 170 g/mol. The number of anilines is 1. The van der Waals surface area contributed by atoms with Crippen LogP contribution in [0.5, 0.6) is 0 Å². The third-order valence-electron chi connectivity index (χ3n) is 0.897. The summed E-state index contributed by atoms with van der Waals surface area (Å²) in [6, 6.07) is 0. The lowest BCUT2D eigenvalue weighted by Gasteiger charge is -1.93. The van der Waals surface area contributed by atoms with Crippen LogP contribution in [0.4, 0.5) is 5.13 Å². The zero-order valence-electron chi connectivity index (χ0n) is 5.59. The first-order valence-electron chi connectivity index (χ1n) is 2.93. The standard InChI is InChI=1S/C5H8ClN3S/c1-4-8-9-5(10-4)7-3-2-6/h2-3H2,1H3,(H,7,9). The highest BCUT2D eigenvalue weighted by Gasteiger charge is 1.96. The van der Waals surface area contributed by atoms with E-state index in [2.05, 4.69) is 15.5 Å². The number of nitrogens with one attached hydrogen (secondary N) is 1. The van der Waals surface area contributed by atoms with Gasteiger partial charge in [0.25, 0.3) is 0 Å². The van der Waals surface area contributed by atoms with Crippen molar-refractivity contribution in [1.29, 1.82) is 0 Å². The van der Waals surface area contributed by atoms with Gasteiger partial charge in [0, 0.05) is 12.4 Å². The molecule has 0 radical (unpaired) electrons. The van der Waals surface area contributed by atoms with Crippen LogP contribution in [0.3, 0.4) is 0 Å². The summed E-state index contributed by atoms with van der Waals surface area (Å²) in [5, 5.41) is 12.5. The molecule has 0 unspecified atom stereocenters. The van der Waals surface area contributed by atoms with E-state index in [4.69, 9.17) is 11.6 Å². The van der Waals surface area contributed by atoms with E-state index in [1.165, 1.54) is 11.3 Å². The molecule has 0 saturated carbocycles. The number of halogens is 1. The average Bonchev–Trinajstić information content (AvgIpc) is 2.31. The second kappa shape index (κ2) is 3.73. The van der Waals surface area contributed by atoms with Crippen LogP contribution in [0.15, 0.2) is 0 Å². The molecule has 0 amide bonds.